The second kappa shape index (κ2) is 24.2. The van der Waals surface area contributed by atoms with Crippen molar-refractivity contribution < 1.29 is 13.3 Å². The molecule has 0 bridgehead atoms. The summed E-state index contributed by atoms with van der Waals surface area (Å²) in [4.78, 5) is 0. The van der Waals surface area contributed by atoms with Gasteiger partial charge in [0.2, 0.25) is 0 Å². The van der Waals surface area contributed by atoms with Gasteiger partial charge in [0.25, 0.3) is 0 Å². The largest absolute Gasteiger partial charge is 0.500 e. The molecule has 0 heterocycles. The molecule has 0 radical (unpaired) electrons. The zero-order valence-electron chi connectivity index (χ0n) is 20.7. The summed E-state index contributed by atoms with van der Waals surface area (Å²) < 4.78 is 17.8. The Hall–Kier alpha value is 0.577. The fraction of sp³-hybridized carbons (Fsp3) is 1.00. The highest BCUT2D eigenvalue weighted by molar-refractivity contribution is 9.09. The highest BCUT2D eigenvalue weighted by atomic mass is 79.9. The van der Waals surface area contributed by atoms with Crippen molar-refractivity contribution in [3.63, 3.8) is 0 Å². The zero-order chi connectivity index (χ0) is 22.2. The summed E-state index contributed by atoms with van der Waals surface area (Å²) in [6.07, 6.45) is 23.7. The first kappa shape index (κ1) is 30.6. The van der Waals surface area contributed by atoms with Crippen LogP contribution in [0, 0.1) is 0 Å². The molecule has 0 fully saturated rings. The van der Waals surface area contributed by atoms with Gasteiger partial charge in [-0.15, -0.1) is 0 Å². The quantitative estimate of drug-likeness (QED) is 0.0698. The van der Waals surface area contributed by atoms with Crippen LogP contribution in [0.25, 0.3) is 0 Å². The third-order valence-corrected chi connectivity index (χ3v) is 9.42. The number of unbranched alkanes of at least 4 members (excludes halogenated alkanes) is 16. The summed E-state index contributed by atoms with van der Waals surface area (Å²) in [5.41, 5.74) is 0. The molecule has 0 rings (SSSR count). The third-order valence-electron chi connectivity index (χ3n) is 5.71. The third kappa shape index (κ3) is 19.3. The molecule has 0 unspecified atom stereocenters. The molecular weight excluding hydrogens is 456 g/mol. The van der Waals surface area contributed by atoms with Gasteiger partial charge in [-0.1, -0.05) is 112 Å². The SMILES string of the molecule is CCO[Si](CCCCCCCCCCCCCCCCCCCBr)(OCC)OCC. The molecule has 0 saturated heterocycles. The second-order valence-corrected chi connectivity index (χ2v) is 12.0. The summed E-state index contributed by atoms with van der Waals surface area (Å²) in [5, 5.41) is 1.17. The maximum absolute atomic E-state index is 5.94. The van der Waals surface area contributed by atoms with Crippen LogP contribution < -0.4 is 0 Å². The van der Waals surface area contributed by atoms with Crippen molar-refractivity contribution in [1.29, 1.82) is 0 Å². The van der Waals surface area contributed by atoms with Gasteiger partial charge in [0.15, 0.2) is 0 Å². The molecule has 3 nitrogen and oxygen atoms in total. The summed E-state index contributed by atoms with van der Waals surface area (Å²) in [5.74, 6) is 0. The maximum Gasteiger partial charge on any atom is 0.500 e. The van der Waals surface area contributed by atoms with Crippen molar-refractivity contribution in [3.8, 4) is 0 Å². The predicted octanol–water partition coefficient (Wildman–Crippen LogP) is 9.06. The van der Waals surface area contributed by atoms with E-state index in [9.17, 15) is 0 Å². The molecule has 0 aliphatic rings. The Morgan fingerprint density at radius 2 is 0.700 bits per heavy atom. The van der Waals surface area contributed by atoms with E-state index in [4.69, 9.17) is 13.3 Å². The Bertz CT molecular complexity index is 314. The van der Waals surface area contributed by atoms with E-state index in [0.29, 0.717) is 19.8 Å². The van der Waals surface area contributed by atoms with Crippen LogP contribution in [-0.2, 0) is 13.3 Å². The molecule has 0 amide bonds. The van der Waals surface area contributed by atoms with Gasteiger partial charge in [-0.05, 0) is 33.6 Å². The van der Waals surface area contributed by atoms with E-state index in [1.54, 1.807) is 0 Å². The topological polar surface area (TPSA) is 27.7 Å². The first-order chi connectivity index (χ1) is 14.7. The van der Waals surface area contributed by atoms with E-state index in [0.717, 1.165) is 6.04 Å². The fourth-order valence-corrected chi connectivity index (χ4v) is 7.17. The van der Waals surface area contributed by atoms with Crippen LogP contribution in [0.4, 0.5) is 0 Å². The summed E-state index contributed by atoms with van der Waals surface area (Å²) in [6.45, 7) is 8.16. The van der Waals surface area contributed by atoms with Gasteiger partial charge in [0.1, 0.15) is 0 Å². The lowest BCUT2D eigenvalue weighted by molar-refractivity contribution is 0.0706. The first-order valence-electron chi connectivity index (χ1n) is 13.2. The van der Waals surface area contributed by atoms with Crippen molar-refractivity contribution in [3.05, 3.63) is 0 Å². The lowest BCUT2D eigenvalue weighted by Crippen LogP contribution is -2.45. The Morgan fingerprint density at radius 3 is 0.967 bits per heavy atom. The lowest BCUT2D eigenvalue weighted by atomic mass is 10.0. The van der Waals surface area contributed by atoms with E-state index in [-0.39, 0.29) is 0 Å². The highest BCUT2D eigenvalue weighted by Crippen LogP contribution is 2.21. The van der Waals surface area contributed by atoms with Crippen LogP contribution in [0.5, 0.6) is 0 Å². The molecule has 0 saturated carbocycles. The van der Waals surface area contributed by atoms with Crippen LogP contribution in [0.2, 0.25) is 6.04 Å². The average Bonchev–Trinajstić information content (AvgIpc) is 2.73. The van der Waals surface area contributed by atoms with E-state index < -0.39 is 8.80 Å². The molecule has 30 heavy (non-hydrogen) atoms. The van der Waals surface area contributed by atoms with Gasteiger partial charge in [0, 0.05) is 31.2 Å². The standard InChI is InChI=1S/C25H53BrO3Si/c1-4-27-30(28-5-2,29-6-3)25-23-21-19-17-15-13-11-9-7-8-10-12-14-16-18-20-22-24-26/h4-25H2,1-3H3. The minimum Gasteiger partial charge on any atom is -0.374 e. The maximum atomic E-state index is 5.94. The van der Waals surface area contributed by atoms with Crippen molar-refractivity contribution in [2.75, 3.05) is 25.2 Å². The van der Waals surface area contributed by atoms with Gasteiger partial charge in [-0.2, -0.15) is 0 Å². The van der Waals surface area contributed by atoms with E-state index in [1.165, 1.54) is 114 Å². The Balaban J connectivity index is 3.41. The Morgan fingerprint density at radius 1 is 0.433 bits per heavy atom. The van der Waals surface area contributed by atoms with Crippen LogP contribution in [0.1, 0.15) is 130 Å². The van der Waals surface area contributed by atoms with Crippen LogP contribution >= 0.6 is 15.9 Å². The monoisotopic (exact) mass is 508 g/mol. The second-order valence-electron chi connectivity index (χ2n) is 8.43. The van der Waals surface area contributed by atoms with Crippen molar-refractivity contribution in [2.24, 2.45) is 0 Å². The molecule has 0 atom stereocenters. The minimum atomic E-state index is -2.41. The van der Waals surface area contributed by atoms with Gasteiger partial charge in [-0.25, -0.2) is 0 Å². The first-order valence-corrected chi connectivity index (χ1v) is 16.3. The van der Waals surface area contributed by atoms with Gasteiger partial charge in [-0.3, -0.25) is 0 Å². The number of halogens is 1. The lowest BCUT2D eigenvalue weighted by Gasteiger charge is -2.28. The zero-order valence-corrected chi connectivity index (χ0v) is 23.2. The molecule has 0 aromatic rings. The predicted molar refractivity (Wildman–Crippen MR) is 138 cm³/mol. The molecule has 182 valence electrons. The van der Waals surface area contributed by atoms with E-state index in [2.05, 4.69) is 15.9 Å². The Kier molecular flexibility index (Phi) is 24.7. The normalized spacial score (nSPS) is 12.0. The minimum absolute atomic E-state index is 0.684. The van der Waals surface area contributed by atoms with E-state index in [1.807, 2.05) is 20.8 Å². The molecule has 0 N–H and O–H groups in total. The highest BCUT2D eigenvalue weighted by Gasteiger charge is 2.39. The molecule has 0 aromatic heterocycles. The fourth-order valence-electron chi connectivity index (χ4n) is 4.09. The number of rotatable bonds is 25. The molecule has 0 aliphatic carbocycles. The summed E-state index contributed by atoms with van der Waals surface area (Å²) in [7, 11) is -2.41. The van der Waals surface area contributed by atoms with Crippen molar-refractivity contribution in [1.82, 2.24) is 0 Å². The average molecular weight is 510 g/mol. The van der Waals surface area contributed by atoms with Crippen LogP contribution in [-0.4, -0.2) is 34.0 Å². The number of hydrogen-bond acceptors (Lipinski definition) is 3. The van der Waals surface area contributed by atoms with Crippen molar-refractivity contribution >= 4 is 24.7 Å². The van der Waals surface area contributed by atoms with Crippen molar-refractivity contribution in [2.45, 2.75) is 136 Å². The summed E-state index contributed by atoms with van der Waals surface area (Å²) >= 11 is 3.51. The van der Waals surface area contributed by atoms with Crippen LogP contribution in [0.15, 0.2) is 0 Å². The van der Waals surface area contributed by atoms with Gasteiger partial charge >= 0.3 is 8.80 Å². The Labute approximate surface area is 198 Å². The number of hydrogen-bond donors (Lipinski definition) is 0. The van der Waals surface area contributed by atoms with Gasteiger partial charge in [0.05, 0.1) is 0 Å². The molecule has 0 aliphatic heterocycles. The van der Waals surface area contributed by atoms with Crippen LogP contribution in [0.3, 0.4) is 0 Å². The molecular formula is C25H53BrO3Si. The van der Waals surface area contributed by atoms with E-state index >= 15 is 0 Å². The molecule has 0 aromatic carbocycles. The smallest absolute Gasteiger partial charge is 0.374 e. The summed E-state index contributed by atoms with van der Waals surface area (Å²) in [6, 6.07) is 0.972. The van der Waals surface area contributed by atoms with Gasteiger partial charge < -0.3 is 13.3 Å². The molecule has 5 heteroatoms. The number of alkyl halides is 1. The molecule has 0 spiro atoms.